The molecule has 3 aromatic rings. The molecule has 0 fully saturated rings. The third kappa shape index (κ3) is 4.48. The molecule has 0 bridgehead atoms. The highest BCUT2D eigenvalue weighted by Crippen LogP contribution is 2.40. The molecule has 154 valence electrons. The van der Waals surface area contributed by atoms with Gasteiger partial charge in [-0.25, -0.2) is 0 Å². The van der Waals surface area contributed by atoms with Crippen LogP contribution >= 0.6 is 23.1 Å². The van der Waals surface area contributed by atoms with Gasteiger partial charge in [0.15, 0.2) is 0 Å². The summed E-state index contributed by atoms with van der Waals surface area (Å²) >= 11 is 7.65. The predicted molar refractivity (Wildman–Crippen MR) is 125 cm³/mol. The number of aliphatic imine (C=N–C) groups is 1. The lowest BCUT2D eigenvalue weighted by Crippen LogP contribution is -2.19. The molecule has 0 aliphatic carbocycles. The van der Waals surface area contributed by atoms with Gasteiger partial charge in [-0.1, -0.05) is 49.7 Å². The zero-order chi connectivity index (χ0) is 21.8. The second-order valence-electron chi connectivity index (χ2n) is 7.21. The summed E-state index contributed by atoms with van der Waals surface area (Å²) in [5.41, 5.74) is 4.83. The van der Waals surface area contributed by atoms with Crippen molar-refractivity contribution in [2.24, 2.45) is 10.9 Å². The van der Waals surface area contributed by atoms with Crippen molar-refractivity contribution >= 4 is 34.7 Å². The molecule has 1 N–H and O–H groups in total. The fourth-order valence-corrected chi connectivity index (χ4v) is 3.96. The van der Waals surface area contributed by atoms with Crippen LogP contribution in [0.3, 0.4) is 0 Å². The molecule has 2 aromatic carbocycles. The molecule has 30 heavy (non-hydrogen) atoms. The molecular weight excluding hydrogens is 416 g/mol. The Kier molecular flexibility index (Phi) is 6.76. The maximum Gasteiger partial charge on any atom is 0.218 e. The second kappa shape index (κ2) is 9.29. The van der Waals surface area contributed by atoms with E-state index in [2.05, 4.69) is 34.6 Å². The molecular formula is C23H23ClN4OS. The molecule has 5 nitrogen and oxygen atoms in total. The van der Waals surface area contributed by atoms with Crippen molar-refractivity contribution in [2.45, 2.75) is 27.7 Å². The average Bonchev–Trinajstić information content (AvgIpc) is 3.11. The molecule has 7 heteroatoms. The van der Waals surface area contributed by atoms with E-state index in [-0.39, 0.29) is 5.92 Å². The lowest BCUT2D eigenvalue weighted by atomic mass is 10.0. The number of halogens is 1. The fourth-order valence-electron chi connectivity index (χ4n) is 3.03. The quantitative estimate of drug-likeness (QED) is 0.349. The Hall–Kier alpha value is -2.88. The van der Waals surface area contributed by atoms with Crippen molar-refractivity contribution in [3.05, 3.63) is 58.1 Å². The highest BCUT2D eigenvalue weighted by Gasteiger charge is 2.20. The van der Waals surface area contributed by atoms with Gasteiger partial charge in [-0.2, -0.15) is 9.64 Å². The Morgan fingerprint density at radius 3 is 2.60 bits per heavy atom. The minimum absolute atomic E-state index is 0.263. The number of nitriles is 1. The van der Waals surface area contributed by atoms with Crippen molar-refractivity contribution in [3.63, 3.8) is 0 Å². The van der Waals surface area contributed by atoms with Gasteiger partial charge in [0.2, 0.25) is 5.06 Å². The van der Waals surface area contributed by atoms with Gasteiger partial charge in [-0.15, -0.1) is 0 Å². The number of aryl methyl sites for hydroxylation is 2. The van der Waals surface area contributed by atoms with Crippen LogP contribution in [-0.4, -0.2) is 17.3 Å². The zero-order valence-corrected chi connectivity index (χ0v) is 19.1. The molecule has 0 atom stereocenters. The highest BCUT2D eigenvalue weighted by molar-refractivity contribution is 7.08. The summed E-state index contributed by atoms with van der Waals surface area (Å²) in [7, 11) is 1.76. The monoisotopic (exact) mass is 438 g/mol. The van der Waals surface area contributed by atoms with Crippen LogP contribution in [0.25, 0.3) is 11.3 Å². The Morgan fingerprint density at radius 2 is 1.97 bits per heavy atom. The lowest BCUT2D eigenvalue weighted by Gasteiger charge is -2.16. The smallest absolute Gasteiger partial charge is 0.218 e. The van der Waals surface area contributed by atoms with Crippen LogP contribution in [0.1, 0.15) is 30.5 Å². The van der Waals surface area contributed by atoms with Crippen LogP contribution in [0.5, 0.6) is 10.8 Å². The number of hydrogen-bond acceptors (Lipinski definition) is 5. The molecule has 3 rings (SSSR count). The normalized spacial score (nSPS) is 11.5. The van der Waals surface area contributed by atoms with E-state index in [0.717, 1.165) is 39.7 Å². The third-order valence-electron chi connectivity index (χ3n) is 4.70. The molecule has 0 aliphatic rings. The molecule has 0 aliphatic heterocycles. The molecule has 1 aromatic heterocycles. The van der Waals surface area contributed by atoms with Crippen molar-refractivity contribution in [1.82, 2.24) is 4.37 Å². The summed E-state index contributed by atoms with van der Waals surface area (Å²) in [6.45, 7) is 8.11. The van der Waals surface area contributed by atoms with Gasteiger partial charge >= 0.3 is 0 Å². The Morgan fingerprint density at radius 1 is 1.23 bits per heavy atom. The van der Waals surface area contributed by atoms with Gasteiger partial charge < -0.3 is 10.1 Å². The number of nitrogens with zero attached hydrogens (tertiary/aromatic N) is 3. The van der Waals surface area contributed by atoms with Gasteiger partial charge in [0, 0.05) is 35.7 Å². The minimum Gasteiger partial charge on any atom is -0.442 e. The number of aromatic nitrogens is 1. The van der Waals surface area contributed by atoms with Crippen LogP contribution < -0.4 is 10.1 Å². The van der Waals surface area contributed by atoms with Crippen molar-refractivity contribution in [2.75, 3.05) is 12.4 Å². The average molecular weight is 439 g/mol. The van der Waals surface area contributed by atoms with Crippen LogP contribution in [0.2, 0.25) is 5.02 Å². The van der Waals surface area contributed by atoms with Crippen LogP contribution in [0, 0.1) is 31.1 Å². The first-order valence-corrected chi connectivity index (χ1v) is 10.7. The van der Waals surface area contributed by atoms with E-state index in [0.29, 0.717) is 27.1 Å². The van der Waals surface area contributed by atoms with Crippen LogP contribution in [0.15, 0.2) is 41.4 Å². The van der Waals surface area contributed by atoms with Crippen molar-refractivity contribution in [3.8, 4) is 28.1 Å². The minimum atomic E-state index is 0.263. The largest absolute Gasteiger partial charge is 0.442 e. The number of amidine groups is 1. The van der Waals surface area contributed by atoms with E-state index in [9.17, 15) is 5.26 Å². The van der Waals surface area contributed by atoms with E-state index in [4.69, 9.17) is 16.3 Å². The van der Waals surface area contributed by atoms with E-state index >= 15 is 0 Å². The highest BCUT2D eigenvalue weighted by atomic mass is 35.5. The summed E-state index contributed by atoms with van der Waals surface area (Å²) in [6, 6.07) is 13.7. The van der Waals surface area contributed by atoms with Gasteiger partial charge in [-0.3, -0.25) is 4.99 Å². The van der Waals surface area contributed by atoms with Crippen molar-refractivity contribution < 1.29 is 4.74 Å². The third-order valence-corrected chi connectivity index (χ3v) is 5.73. The summed E-state index contributed by atoms with van der Waals surface area (Å²) in [6.07, 6.45) is 0. The van der Waals surface area contributed by atoms with Crippen molar-refractivity contribution in [1.29, 1.82) is 5.26 Å². The van der Waals surface area contributed by atoms with E-state index in [1.807, 2.05) is 50.2 Å². The number of hydrogen-bond donors (Lipinski definition) is 1. The summed E-state index contributed by atoms with van der Waals surface area (Å²) in [4.78, 5) is 4.29. The first-order chi connectivity index (χ1) is 14.3. The molecule has 0 radical (unpaired) electrons. The predicted octanol–water partition coefficient (Wildman–Crippen LogP) is 6.84. The standard InChI is InChI=1S/C23H23ClN4OS/c1-13(2)22(26-5)27-19-11-18(24)20(10-15(19)4)29-23-17(12-25)21(28-30-23)16-9-7-6-8-14(16)3/h6-11,13H,1-5H3,(H,26,27). The number of rotatable bonds is 5. The molecule has 1 heterocycles. The summed E-state index contributed by atoms with van der Waals surface area (Å²) < 4.78 is 10.5. The maximum absolute atomic E-state index is 9.75. The number of ether oxygens (including phenoxy) is 1. The van der Waals surface area contributed by atoms with E-state index in [1.54, 1.807) is 7.05 Å². The Labute approximate surface area is 186 Å². The topological polar surface area (TPSA) is 70.3 Å². The van der Waals surface area contributed by atoms with Gasteiger partial charge in [-0.05, 0) is 37.1 Å². The van der Waals surface area contributed by atoms with Crippen LogP contribution in [-0.2, 0) is 0 Å². The molecule has 0 amide bonds. The molecule has 0 spiro atoms. The summed E-state index contributed by atoms with van der Waals surface area (Å²) in [5.74, 6) is 1.62. The van der Waals surface area contributed by atoms with Gasteiger partial charge in [0.05, 0.1) is 5.02 Å². The Bertz CT molecular complexity index is 1140. The van der Waals surface area contributed by atoms with E-state index in [1.165, 1.54) is 0 Å². The lowest BCUT2D eigenvalue weighted by molar-refractivity contribution is 0.495. The molecule has 0 saturated heterocycles. The fraction of sp³-hybridized carbons (Fsp3) is 0.261. The molecule has 0 unspecified atom stereocenters. The van der Waals surface area contributed by atoms with Crippen LogP contribution in [0.4, 0.5) is 5.69 Å². The number of nitrogens with one attached hydrogen (secondary N) is 1. The van der Waals surface area contributed by atoms with Gasteiger partial charge in [0.25, 0.3) is 0 Å². The maximum atomic E-state index is 9.75. The summed E-state index contributed by atoms with van der Waals surface area (Å²) in [5, 5.41) is 13.9. The second-order valence-corrected chi connectivity index (χ2v) is 8.35. The molecule has 0 saturated carbocycles. The first kappa shape index (κ1) is 21.8. The number of benzene rings is 2. The number of anilines is 1. The first-order valence-electron chi connectivity index (χ1n) is 9.53. The zero-order valence-electron chi connectivity index (χ0n) is 17.6. The van der Waals surface area contributed by atoms with Gasteiger partial charge in [0.1, 0.15) is 28.9 Å². The SMILES string of the molecule is CN=C(Nc1cc(Cl)c(Oc2snc(-c3ccccc3C)c2C#N)cc1C)C(C)C. The van der Waals surface area contributed by atoms with E-state index < -0.39 is 0 Å². The Balaban J connectivity index is 1.93.